The molecule has 2 aliphatic carbocycles. The number of aromatic nitrogens is 5. The third kappa shape index (κ3) is 5.79. The fraction of sp³-hybridized carbons (Fsp3) is 0.164. The van der Waals surface area contributed by atoms with Crippen LogP contribution in [0.5, 0.6) is 0 Å². The Labute approximate surface area is 354 Å². The Morgan fingerprint density at radius 2 is 1.07 bits per heavy atom. The van der Waals surface area contributed by atoms with Gasteiger partial charge < -0.3 is 4.57 Å². The van der Waals surface area contributed by atoms with Gasteiger partial charge in [-0.2, -0.15) is 15.2 Å². The lowest BCUT2D eigenvalue weighted by atomic mass is 9.70. The van der Waals surface area contributed by atoms with Gasteiger partial charge in [-0.25, -0.2) is 4.98 Å². The Morgan fingerprint density at radius 3 is 1.64 bits per heavy atom. The van der Waals surface area contributed by atoms with Crippen LogP contribution in [0, 0.1) is 23.2 Å². The zero-order chi connectivity index (χ0) is 40.7. The minimum Gasteiger partial charge on any atom is -0.308 e. The molecule has 0 amide bonds. The van der Waals surface area contributed by atoms with E-state index in [2.05, 4.69) is 174 Å². The van der Waals surface area contributed by atoms with Gasteiger partial charge in [0.05, 0.1) is 39.4 Å². The van der Waals surface area contributed by atoms with E-state index in [1.165, 1.54) is 30.4 Å². The van der Waals surface area contributed by atoms with Gasteiger partial charge in [-0.3, -0.25) is 4.57 Å². The van der Waals surface area contributed by atoms with Crippen LogP contribution in [0.4, 0.5) is 0 Å². The zero-order valence-electron chi connectivity index (χ0n) is 34.0. The summed E-state index contributed by atoms with van der Waals surface area (Å²) in [5.74, 6) is 3.37. The topological polar surface area (TPSA) is 72.3 Å². The molecule has 0 unspecified atom stereocenters. The minimum absolute atomic E-state index is 0.212. The molecule has 0 spiro atoms. The Bertz CT molecular complexity index is 3230. The number of hydrogen-bond acceptors (Lipinski definition) is 4. The molecular weight excluding hydrogens is 745 g/mol. The Kier molecular flexibility index (Phi) is 8.08. The Hall–Kier alpha value is -7.36. The number of para-hydroxylation sites is 2. The van der Waals surface area contributed by atoms with Gasteiger partial charge in [-0.1, -0.05) is 129 Å². The number of nitrogens with zero attached hydrogens (tertiary/aromatic N) is 6. The van der Waals surface area contributed by atoms with E-state index in [-0.39, 0.29) is 5.41 Å². The highest BCUT2D eigenvalue weighted by Crippen LogP contribution is 2.51. The predicted molar refractivity (Wildman–Crippen MR) is 247 cm³/mol. The van der Waals surface area contributed by atoms with Crippen molar-refractivity contribution in [1.29, 1.82) is 5.26 Å². The summed E-state index contributed by atoms with van der Waals surface area (Å²) in [6, 6.07) is 60.2. The summed E-state index contributed by atoms with van der Waals surface area (Å²) in [4.78, 5) is 16.5. The van der Waals surface area contributed by atoms with Crippen molar-refractivity contribution in [2.24, 2.45) is 11.8 Å². The van der Waals surface area contributed by atoms with Crippen molar-refractivity contribution in [3.63, 3.8) is 0 Å². The molecular formula is C55H42N6. The Morgan fingerprint density at radius 1 is 0.525 bits per heavy atom. The maximum absolute atomic E-state index is 10.4. The molecule has 2 bridgehead atoms. The molecule has 0 saturated heterocycles. The standard InChI is InChI=1S/C55H42N6/c1-55(32-35-20-21-36(28-35)33-55)53-57-52(58-54(59-53)61-47-18-10-8-16-42(47)43-17-9-11-19-48(43)61)46-29-37(34-56)22-25-51(46)60-49-26-23-40(38-12-4-2-5-13-38)30-44(49)45-31-41(24-27-50(45)60)39-14-6-3-7-15-39/h2-19,22-27,29-31,35-36H,20-21,28,32-33H2,1H3/t35-,36-/m0/s1. The van der Waals surface area contributed by atoms with E-state index < -0.39 is 0 Å². The molecule has 10 aromatic rings. The molecule has 12 rings (SSSR count). The summed E-state index contributed by atoms with van der Waals surface area (Å²) in [5, 5.41) is 15.1. The van der Waals surface area contributed by atoms with Gasteiger partial charge in [-0.15, -0.1) is 0 Å². The molecule has 0 aliphatic heterocycles. The third-order valence-corrected chi connectivity index (χ3v) is 13.7. The SMILES string of the molecule is CC1(c2nc(-c3cc(C#N)ccc3-n3c4ccc(-c5ccccc5)cc4c4cc(-c5ccccc5)ccc43)nc(-n3c4ccccc4c4ccccc43)n2)C[C@H]2CC[C@@H](C2)C1. The van der Waals surface area contributed by atoms with Crippen LogP contribution in [0.1, 0.15) is 50.4 Å². The minimum atomic E-state index is -0.212. The quantitative estimate of drug-likeness (QED) is 0.168. The maximum atomic E-state index is 10.4. The highest BCUT2D eigenvalue weighted by molar-refractivity contribution is 6.12. The van der Waals surface area contributed by atoms with E-state index in [1.54, 1.807) is 0 Å². The van der Waals surface area contributed by atoms with E-state index in [1.807, 2.05) is 12.1 Å². The Balaban J connectivity index is 1.14. The second-order valence-corrected chi connectivity index (χ2v) is 17.5. The van der Waals surface area contributed by atoms with Gasteiger partial charge in [0.25, 0.3) is 0 Å². The van der Waals surface area contributed by atoms with Gasteiger partial charge in [0.2, 0.25) is 5.95 Å². The summed E-state index contributed by atoms with van der Waals surface area (Å²) in [7, 11) is 0. The first-order chi connectivity index (χ1) is 30.0. The van der Waals surface area contributed by atoms with Crippen LogP contribution in [-0.4, -0.2) is 24.1 Å². The van der Waals surface area contributed by atoms with Crippen LogP contribution in [0.2, 0.25) is 0 Å². The van der Waals surface area contributed by atoms with Crippen LogP contribution >= 0.6 is 0 Å². The summed E-state index contributed by atoms with van der Waals surface area (Å²) < 4.78 is 4.56. The van der Waals surface area contributed by atoms with Crippen molar-refractivity contribution in [3.8, 4) is 51.3 Å². The molecule has 2 saturated carbocycles. The van der Waals surface area contributed by atoms with Crippen molar-refractivity contribution >= 4 is 43.6 Å². The molecule has 3 heterocycles. The fourth-order valence-corrected chi connectivity index (χ4v) is 11.0. The monoisotopic (exact) mass is 786 g/mol. The molecule has 2 aliphatic rings. The van der Waals surface area contributed by atoms with E-state index in [4.69, 9.17) is 15.0 Å². The first kappa shape index (κ1) is 35.6. The molecule has 0 radical (unpaired) electrons. The molecule has 6 nitrogen and oxygen atoms in total. The summed E-state index contributed by atoms with van der Waals surface area (Å²) in [6.07, 6.45) is 5.97. The van der Waals surface area contributed by atoms with Crippen molar-refractivity contribution in [2.75, 3.05) is 0 Å². The van der Waals surface area contributed by atoms with Crippen LogP contribution in [0.25, 0.3) is 88.9 Å². The molecule has 2 atom stereocenters. The second kappa shape index (κ2) is 13.9. The highest BCUT2D eigenvalue weighted by Gasteiger charge is 2.44. The molecule has 3 aromatic heterocycles. The van der Waals surface area contributed by atoms with Gasteiger partial charge in [0.15, 0.2) is 5.82 Å². The predicted octanol–water partition coefficient (Wildman–Crippen LogP) is 13.4. The number of nitriles is 1. The van der Waals surface area contributed by atoms with Crippen LogP contribution < -0.4 is 0 Å². The normalized spacial score (nSPS) is 18.6. The van der Waals surface area contributed by atoms with Crippen LogP contribution in [-0.2, 0) is 5.41 Å². The van der Waals surface area contributed by atoms with Crippen molar-refractivity contribution in [2.45, 2.75) is 44.4 Å². The summed E-state index contributed by atoms with van der Waals surface area (Å²) in [6.45, 7) is 2.38. The molecule has 7 aromatic carbocycles. The number of hydrogen-bond donors (Lipinski definition) is 0. The lowest BCUT2D eigenvalue weighted by molar-refractivity contribution is 0.221. The van der Waals surface area contributed by atoms with Gasteiger partial charge in [0.1, 0.15) is 5.82 Å². The average Bonchev–Trinajstić information content (AvgIpc) is 3.96. The molecule has 292 valence electrons. The third-order valence-electron chi connectivity index (χ3n) is 13.7. The molecule has 6 heteroatoms. The first-order valence-electron chi connectivity index (χ1n) is 21.5. The van der Waals surface area contributed by atoms with Crippen LogP contribution in [0.15, 0.2) is 164 Å². The average molecular weight is 787 g/mol. The smallest absolute Gasteiger partial charge is 0.238 e. The largest absolute Gasteiger partial charge is 0.308 e. The van der Waals surface area contributed by atoms with Crippen molar-refractivity contribution in [1.82, 2.24) is 24.1 Å². The number of fused-ring (bicyclic) bond motifs is 8. The number of rotatable bonds is 6. The van der Waals surface area contributed by atoms with E-state index in [0.717, 1.165) is 84.7 Å². The van der Waals surface area contributed by atoms with E-state index in [0.29, 0.717) is 29.2 Å². The van der Waals surface area contributed by atoms with Crippen molar-refractivity contribution < 1.29 is 0 Å². The lowest BCUT2D eigenvalue weighted by Crippen LogP contribution is -2.33. The van der Waals surface area contributed by atoms with Gasteiger partial charge >= 0.3 is 0 Å². The van der Waals surface area contributed by atoms with Crippen molar-refractivity contribution in [3.05, 3.63) is 175 Å². The van der Waals surface area contributed by atoms with Gasteiger partial charge in [0, 0.05) is 32.5 Å². The lowest BCUT2D eigenvalue weighted by Gasteiger charge is -2.36. The first-order valence-corrected chi connectivity index (χ1v) is 21.5. The molecule has 2 fully saturated rings. The highest BCUT2D eigenvalue weighted by atomic mass is 15.2. The second-order valence-electron chi connectivity index (χ2n) is 17.5. The number of benzene rings is 7. The van der Waals surface area contributed by atoms with Crippen LogP contribution in [0.3, 0.4) is 0 Å². The molecule has 61 heavy (non-hydrogen) atoms. The summed E-state index contributed by atoms with van der Waals surface area (Å²) >= 11 is 0. The fourth-order valence-electron chi connectivity index (χ4n) is 11.0. The zero-order valence-corrected chi connectivity index (χ0v) is 34.0. The van der Waals surface area contributed by atoms with Gasteiger partial charge in [-0.05, 0) is 108 Å². The molecule has 0 N–H and O–H groups in total. The maximum Gasteiger partial charge on any atom is 0.238 e. The van der Waals surface area contributed by atoms with E-state index >= 15 is 0 Å². The summed E-state index contributed by atoms with van der Waals surface area (Å²) in [5.41, 5.74) is 11.0. The van der Waals surface area contributed by atoms with E-state index in [9.17, 15) is 5.26 Å².